The smallest absolute Gasteiger partial charge is 0.126 e. The van der Waals surface area contributed by atoms with E-state index in [-0.39, 0.29) is 0 Å². The molecule has 0 atom stereocenters. The highest BCUT2D eigenvalue weighted by Gasteiger charge is 2.24. The molecule has 340 valence electrons. The van der Waals surface area contributed by atoms with Gasteiger partial charge in [0.25, 0.3) is 0 Å². The van der Waals surface area contributed by atoms with Gasteiger partial charge < -0.3 is 18.9 Å². The Morgan fingerprint density at radius 3 is 0.758 bits per heavy atom. The number of hydrogen-bond acceptors (Lipinski definition) is 4. The van der Waals surface area contributed by atoms with Crippen molar-refractivity contribution in [3.8, 4) is 23.0 Å². The number of benzene rings is 4. The van der Waals surface area contributed by atoms with Crippen LogP contribution in [0.4, 0.5) is 0 Å². The van der Waals surface area contributed by atoms with Crippen LogP contribution < -0.4 is 18.9 Å². The number of halogens is 4. The van der Waals surface area contributed by atoms with Gasteiger partial charge in [0.1, 0.15) is 23.0 Å². The van der Waals surface area contributed by atoms with Crippen molar-refractivity contribution in [2.45, 2.75) is 167 Å². The van der Waals surface area contributed by atoms with Crippen molar-refractivity contribution in [1.29, 1.82) is 0 Å². The van der Waals surface area contributed by atoms with E-state index in [9.17, 15) is 0 Å². The van der Waals surface area contributed by atoms with E-state index in [0.29, 0.717) is 75.6 Å². The monoisotopic (exact) mass is 924 g/mol. The lowest BCUT2D eigenvalue weighted by molar-refractivity contribution is 0.296. The predicted molar refractivity (Wildman–Crippen MR) is 265 cm³/mol. The fraction of sp³-hybridized carbons (Fsp3) is 0.556. The van der Waals surface area contributed by atoms with Gasteiger partial charge in [-0.25, -0.2) is 0 Å². The highest BCUT2D eigenvalue weighted by molar-refractivity contribution is 6.17. The molecule has 0 fully saturated rings. The molecule has 62 heavy (non-hydrogen) atoms. The van der Waals surface area contributed by atoms with E-state index in [1.807, 2.05) is 0 Å². The second-order valence-electron chi connectivity index (χ2n) is 17.1. The third kappa shape index (κ3) is 14.6. The van der Waals surface area contributed by atoms with Crippen LogP contribution in [-0.2, 0) is 49.2 Å². The zero-order chi connectivity index (χ0) is 44.1. The lowest BCUT2D eigenvalue weighted by Gasteiger charge is -2.24. The third-order valence-electron chi connectivity index (χ3n) is 11.7. The van der Waals surface area contributed by atoms with Crippen LogP contribution >= 0.6 is 46.4 Å². The van der Waals surface area contributed by atoms with Crippen LogP contribution in [0, 0.1) is 0 Å². The summed E-state index contributed by atoms with van der Waals surface area (Å²) in [4.78, 5) is 0. The Kier molecular flexibility index (Phi) is 22.3. The SMILES string of the molecule is CCCCCCCCOc1c2cc(CCl)cc1Cc1cc(CCl)cc(c1OCCC)Cc1cc(CCl)cc(c1OCCCCCCCC)Cc1cc(CCl)cc(c1OCCC)C2. The van der Waals surface area contributed by atoms with E-state index >= 15 is 0 Å². The van der Waals surface area contributed by atoms with E-state index in [0.717, 1.165) is 128 Å². The van der Waals surface area contributed by atoms with E-state index < -0.39 is 0 Å². The molecule has 5 rings (SSSR count). The van der Waals surface area contributed by atoms with Crippen molar-refractivity contribution in [1.82, 2.24) is 0 Å². The van der Waals surface area contributed by atoms with Crippen molar-refractivity contribution in [3.63, 3.8) is 0 Å². The largest absolute Gasteiger partial charge is 0.493 e. The molecule has 4 aromatic rings. The summed E-state index contributed by atoms with van der Waals surface area (Å²) in [5.41, 5.74) is 12.9. The Labute approximate surface area is 394 Å². The fourth-order valence-electron chi connectivity index (χ4n) is 8.75. The highest BCUT2D eigenvalue weighted by Crippen LogP contribution is 2.41. The number of unbranched alkanes of at least 4 members (excludes halogenated alkanes) is 10. The standard InChI is InChI=1S/C54H72Cl4O4/c1-5-9-11-13-15-17-21-61-53-47-27-41(37-57)28-48(53)32-44-24-40(36-56)26-46(52(44)60-20-8-4)34-50-30-42(38-58)29-49(54(50)62-22-18-16-14-12-10-6-2)33-45-25-39(35-55)23-43(31-47)51(45)59-19-7-3/h23-30H,5-22,31-38H2,1-4H3. The topological polar surface area (TPSA) is 36.9 Å². The molecule has 8 heteroatoms. The van der Waals surface area contributed by atoms with Gasteiger partial charge in [0.15, 0.2) is 0 Å². The van der Waals surface area contributed by atoms with Gasteiger partial charge in [-0.05, 0) is 92.4 Å². The number of hydrogen-bond donors (Lipinski definition) is 0. The average molecular weight is 927 g/mol. The molecule has 4 aromatic carbocycles. The van der Waals surface area contributed by atoms with Crippen LogP contribution in [0.15, 0.2) is 48.5 Å². The zero-order valence-corrected chi connectivity index (χ0v) is 41.2. The first-order chi connectivity index (χ1) is 30.4. The van der Waals surface area contributed by atoms with Crippen molar-refractivity contribution in [2.24, 2.45) is 0 Å². The Morgan fingerprint density at radius 1 is 0.306 bits per heavy atom. The quantitative estimate of drug-likeness (QED) is 0.0409. The summed E-state index contributed by atoms with van der Waals surface area (Å²) in [6.07, 6.45) is 18.4. The average Bonchev–Trinajstić information content (AvgIpc) is 3.28. The molecule has 0 unspecified atom stereocenters. The first kappa shape index (κ1) is 50.2. The predicted octanol–water partition coefficient (Wildman–Crippen LogP) is 16.4. The lowest BCUT2D eigenvalue weighted by Crippen LogP contribution is -2.11. The molecule has 0 saturated carbocycles. The Hall–Kier alpha value is -2.76. The summed E-state index contributed by atoms with van der Waals surface area (Å²) in [5.74, 6) is 5.17. The molecule has 0 aromatic heterocycles. The molecular formula is C54H72Cl4O4. The maximum Gasteiger partial charge on any atom is 0.126 e. The summed E-state index contributed by atoms with van der Waals surface area (Å²) in [7, 11) is 0. The third-order valence-corrected chi connectivity index (χ3v) is 13.0. The van der Waals surface area contributed by atoms with Crippen LogP contribution in [0.3, 0.4) is 0 Å². The van der Waals surface area contributed by atoms with Gasteiger partial charge >= 0.3 is 0 Å². The van der Waals surface area contributed by atoms with Gasteiger partial charge in [0.05, 0.1) is 26.4 Å². The van der Waals surface area contributed by atoms with Gasteiger partial charge in [-0.2, -0.15) is 0 Å². The Balaban J connectivity index is 1.76. The van der Waals surface area contributed by atoms with Crippen molar-refractivity contribution in [3.05, 3.63) is 115 Å². The molecule has 0 spiro atoms. The molecule has 0 heterocycles. The van der Waals surface area contributed by atoms with E-state index in [4.69, 9.17) is 65.4 Å². The van der Waals surface area contributed by atoms with Crippen LogP contribution in [-0.4, -0.2) is 26.4 Å². The van der Waals surface area contributed by atoms with Gasteiger partial charge in [-0.1, -0.05) is 140 Å². The molecule has 0 saturated heterocycles. The molecule has 1 aliphatic rings. The number of fused-ring (bicyclic) bond motifs is 8. The summed E-state index contributed by atoms with van der Waals surface area (Å²) in [6.45, 7) is 11.3. The van der Waals surface area contributed by atoms with Gasteiger partial charge in [0, 0.05) is 49.2 Å². The van der Waals surface area contributed by atoms with Crippen molar-refractivity contribution >= 4 is 46.4 Å². The molecule has 0 radical (unpaired) electrons. The number of rotatable bonds is 26. The van der Waals surface area contributed by atoms with E-state index in [2.05, 4.69) is 76.2 Å². The Morgan fingerprint density at radius 2 is 0.532 bits per heavy atom. The molecule has 1 aliphatic carbocycles. The van der Waals surface area contributed by atoms with Gasteiger partial charge in [-0.15, -0.1) is 46.4 Å². The van der Waals surface area contributed by atoms with Crippen molar-refractivity contribution in [2.75, 3.05) is 26.4 Å². The lowest BCUT2D eigenvalue weighted by atomic mass is 9.88. The molecule has 0 N–H and O–H groups in total. The number of alkyl halides is 4. The number of ether oxygens (including phenoxy) is 4. The highest BCUT2D eigenvalue weighted by atomic mass is 35.5. The summed E-state index contributed by atoms with van der Waals surface area (Å²) in [6, 6.07) is 17.8. The molecule has 0 aliphatic heterocycles. The summed E-state index contributed by atoms with van der Waals surface area (Å²) in [5, 5.41) is 0. The fourth-order valence-corrected chi connectivity index (χ4v) is 9.37. The minimum absolute atomic E-state index is 0.384. The minimum Gasteiger partial charge on any atom is -0.493 e. The summed E-state index contributed by atoms with van der Waals surface area (Å²) >= 11 is 26.9. The zero-order valence-electron chi connectivity index (χ0n) is 38.1. The molecule has 8 bridgehead atoms. The molecular weight excluding hydrogens is 854 g/mol. The van der Waals surface area contributed by atoms with E-state index in [1.54, 1.807) is 0 Å². The maximum atomic E-state index is 6.96. The van der Waals surface area contributed by atoms with Crippen LogP contribution in [0.25, 0.3) is 0 Å². The van der Waals surface area contributed by atoms with Crippen LogP contribution in [0.5, 0.6) is 23.0 Å². The maximum absolute atomic E-state index is 6.96. The Bertz CT molecular complexity index is 1740. The summed E-state index contributed by atoms with van der Waals surface area (Å²) < 4.78 is 27.5. The first-order valence-electron chi connectivity index (χ1n) is 23.7. The first-order valence-corrected chi connectivity index (χ1v) is 25.9. The van der Waals surface area contributed by atoms with Crippen LogP contribution in [0.1, 0.15) is 184 Å². The van der Waals surface area contributed by atoms with E-state index in [1.165, 1.54) is 51.4 Å². The minimum atomic E-state index is 0.384. The van der Waals surface area contributed by atoms with Gasteiger partial charge in [0.2, 0.25) is 0 Å². The van der Waals surface area contributed by atoms with Crippen LogP contribution in [0.2, 0.25) is 0 Å². The molecule has 0 amide bonds. The molecule has 4 nitrogen and oxygen atoms in total. The second-order valence-corrected chi connectivity index (χ2v) is 18.2. The van der Waals surface area contributed by atoms with Gasteiger partial charge in [-0.3, -0.25) is 0 Å². The second kappa shape index (κ2) is 27.5. The normalized spacial score (nSPS) is 12.4. The van der Waals surface area contributed by atoms with Crippen molar-refractivity contribution < 1.29 is 18.9 Å².